The van der Waals surface area contributed by atoms with Crippen LogP contribution in [0, 0.1) is 17.8 Å². The van der Waals surface area contributed by atoms with Crippen molar-refractivity contribution in [3.63, 3.8) is 0 Å². The lowest BCUT2D eigenvalue weighted by molar-refractivity contribution is -0.135. The molecule has 0 saturated heterocycles. The Kier molecular flexibility index (Phi) is 8.80. The summed E-state index contributed by atoms with van der Waals surface area (Å²) in [6, 6.07) is 1.16. The lowest BCUT2D eigenvalue weighted by Gasteiger charge is -2.37. The third-order valence-corrected chi connectivity index (χ3v) is 5.09. The van der Waals surface area contributed by atoms with Gasteiger partial charge in [-0.2, -0.15) is 0 Å². The molecule has 0 radical (unpaired) electrons. The van der Waals surface area contributed by atoms with Crippen molar-refractivity contribution in [3.05, 3.63) is 23.4 Å². The van der Waals surface area contributed by atoms with Crippen LogP contribution < -0.4 is 4.74 Å². The van der Waals surface area contributed by atoms with E-state index in [2.05, 4.69) is 16.8 Å². The zero-order chi connectivity index (χ0) is 23.1. The molecule has 170 valence electrons. The van der Waals surface area contributed by atoms with Crippen molar-refractivity contribution in [2.24, 2.45) is 5.92 Å². The fourth-order valence-electron chi connectivity index (χ4n) is 3.18. The second-order valence-corrected chi connectivity index (χ2v) is 7.85. The normalized spacial score (nSPS) is 20.4. The number of carbonyl (C=O) groups excluding carboxylic acids is 2. The Morgan fingerprint density at radius 1 is 1.48 bits per heavy atom. The van der Waals surface area contributed by atoms with Crippen molar-refractivity contribution < 1.29 is 29.3 Å². The Bertz CT molecular complexity index is 847. The molecule has 2 rings (SSSR count). The van der Waals surface area contributed by atoms with Gasteiger partial charge in [-0.3, -0.25) is 9.59 Å². The topological polar surface area (TPSA) is 112 Å². The molecule has 0 saturated carbocycles. The molecule has 31 heavy (non-hydrogen) atoms. The predicted octanol–water partition coefficient (Wildman–Crippen LogP) is 0.139. The van der Waals surface area contributed by atoms with E-state index < -0.39 is 18.2 Å². The fraction of sp³-hybridized carbons (Fsp3) is 0.591. The van der Waals surface area contributed by atoms with E-state index in [0.717, 1.165) is 0 Å². The lowest BCUT2D eigenvalue weighted by Crippen LogP contribution is -2.50. The first kappa shape index (κ1) is 24.6. The smallest absolute Gasteiger partial charge is 0.259 e. The number of nitrogens with zero attached hydrogens (tertiary/aromatic N) is 3. The van der Waals surface area contributed by atoms with Gasteiger partial charge in [0.2, 0.25) is 11.8 Å². The monoisotopic (exact) mass is 433 g/mol. The van der Waals surface area contributed by atoms with Gasteiger partial charge in [0.05, 0.1) is 19.2 Å². The standard InChI is InChI=1S/C22H31N3O6/c1-14-10-25(15(2)12-26)22(29)18-8-17(7-6-16(3)27)9-23-21(18)31-19(14)11-24(4)20(28)13-30-5/h8-9,14-16,19,26-27H,10-13H2,1-5H3/t14-,15+,16-,19+/m1/s1. The number of aliphatic hydroxyl groups is 2. The molecule has 1 aromatic rings. The van der Waals surface area contributed by atoms with Gasteiger partial charge >= 0.3 is 0 Å². The molecular weight excluding hydrogens is 402 g/mol. The minimum atomic E-state index is -0.815. The third-order valence-electron chi connectivity index (χ3n) is 5.09. The quantitative estimate of drug-likeness (QED) is 0.614. The first-order valence-corrected chi connectivity index (χ1v) is 10.2. The van der Waals surface area contributed by atoms with Crippen LogP contribution in [0.25, 0.3) is 0 Å². The van der Waals surface area contributed by atoms with Gasteiger partial charge < -0.3 is 29.5 Å². The summed E-state index contributed by atoms with van der Waals surface area (Å²) in [5, 5.41) is 19.1. The Labute approximate surface area is 183 Å². The summed E-state index contributed by atoms with van der Waals surface area (Å²) in [4.78, 5) is 32.8. The van der Waals surface area contributed by atoms with Crippen molar-refractivity contribution in [1.29, 1.82) is 0 Å². The van der Waals surface area contributed by atoms with Crippen LogP contribution in [0.15, 0.2) is 12.3 Å². The van der Waals surface area contributed by atoms with Gasteiger partial charge in [0.15, 0.2) is 0 Å². The molecule has 0 fully saturated rings. The highest BCUT2D eigenvalue weighted by molar-refractivity contribution is 5.97. The van der Waals surface area contributed by atoms with Crippen molar-refractivity contribution in [2.45, 2.75) is 39.0 Å². The number of aromatic nitrogens is 1. The highest BCUT2D eigenvalue weighted by atomic mass is 16.5. The maximum absolute atomic E-state index is 13.3. The summed E-state index contributed by atoms with van der Waals surface area (Å²) >= 11 is 0. The molecule has 2 N–H and O–H groups in total. The summed E-state index contributed by atoms with van der Waals surface area (Å²) in [7, 11) is 3.12. The molecule has 4 atom stereocenters. The molecule has 0 unspecified atom stereocenters. The molecule has 2 heterocycles. The second-order valence-electron chi connectivity index (χ2n) is 7.85. The summed E-state index contributed by atoms with van der Waals surface area (Å²) in [6.07, 6.45) is 0.225. The SMILES string of the molecule is COCC(=O)N(C)C[C@@H]1Oc2ncc(C#C[C@@H](C)O)cc2C(=O)N([C@@H](C)CO)C[C@H]1C. The molecule has 9 heteroatoms. The van der Waals surface area contributed by atoms with E-state index in [1.165, 1.54) is 18.2 Å². The number of carbonyl (C=O) groups is 2. The van der Waals surface area contributed by atoms with Gasteiger partial charge in [-0.15, -0.1) is 0 Å². The number of fused-ring (bicyclic) bond motifs is 1. The van der Waals surface area contributed by atoms with Crippen molar-refractivity contribution in [2.75, 3.05) is 40.5 Å². The van der Waals surface area contributed by atoms with Crippen LogP contribution >= 0.6 is 0 Å². The van der Waals surface area contributed by atoms with E-state index >= 15 is 0 Å². The van der Waals surface area contributed by atoms with Crippen molar-refractivity contribution in [3.8, 4) is 17.7 Å². The van der Waals surface area contributed by atoms with Gasteiger partial charge in [0, 0.05) is 38.4 Å². The summed E-state index contributed by atoms with van der Waals surface area (Å²) in [5.41, 5.74) is 0.686. The first-order valence-electron chi connectivity index (χ1n) is 10.2. The number of ether oxygens (including phenoxy) is 2. The van der Waals surface area contributed by atoms with Crippen LogP contribution in [0.1, 0.15) is 36.7 Å². The third kappa shape index (κ3) is 6.40. The van der Waals surface area contributed by atoms with Gasteiger partial charge in [-0.05, 0) is 19.9 Å². The summed E-state index contributed by atoms with van der Waals surface area (Å²) in [6.45, 7) is 5.62. The molecule has 0 spiro atoms. The molecule has 0 aromatic carbocycles. The summed E-state index contributed by atoms with van der Waals surface area (Å²) in [5.74, 6) is 4.91. The largest absolute Gasteiger partial charge is 0.472 e. The minimum Gasteiger partial charge on any atom is -0.472 e. The fourth-order valence-corrected chi connectivity index (χ4v) is 3.18. The van der Waals surface area contributed by atoms with Crippen LogP contribution in [0.2, 0.25) is 0 Å². The lowest BCUT2D eigenvalue weighted by atomic mass is 10.00. The predicted molar refractivity (Wildman–Crippen MR) is 113 cm³/mol. The van der Waals surface area contributed by atoms with E-state index in [9.17, 15) is 19.8 Å². The maximum Gasteiger partial charge on any atom is 0.259 e. The molecular formula is C22H31N3O6. The number of aliphatic hydroxyl groups excluding tert-OH is 2. The van der Waals surface area contributed by atoms with E-state index in [1.54, 1.807) is 31.9 Å². The Hall–Kier alpha value is -2.67. The van der Waals surface area contributed by atoms with Crippen LogP contribution in [0.4, 0.5) is 0 Å². The number of pyridine rings is 1. The van der Waals surface area contributed by atoms with E-state index in [-0.39, 0.29) is 48.9 Å². The second kappa shape index (κ2) is 11.1. The minimum absolute atomic E-state index is 0.0378. The van der Waals surface area contributed by atoms with Gasteiger partial charge in [0.1, 0.15) is 24.4 Å². The van der Waals surface area contributed by atoms with Crippen molar-refractivity contribution >= 4 is 11.8 Å². The van der Waals surface area contributed by atoms with Gasteiger partial charge in [0.25, 0.3) is 5.91 Å². The average molecular weight is 434 g/mol. The number of hydrogen-bond donors (Lipinski definition) is 2. The molecule has 9 nitrogen and oxygen atoms in total. The molecule has 0 bridgehead atoms. The molecule has 1 aliphatic rings. The van der Waals surface area contributed by atoms with E-state index in [1.807, 2.05) is 6.92 Å². The highest BCUT2D eigenvalue weighted by Crippen LogP contribution is 2.27. The van der Waals surface area contributed by atoms with Crippen LogP contribution in [-0.2, 0) is 9.53 Å². The first-order chi connectivity index (χ1) is 14.7. The number of amides is 2. The van der Waals surface area contributed by atoms with Crippen molar-refractivity contribution in [1.82, 2.24) is 14.8 Å². The molecule has 1 aromatic heterocycles. The van der Waals surface area contributed by atoms with Gasteiger partial charge in [-0.1, -0.05) is 18.8 Å². The highest BCUT2D eigenvalue weighted by Gasteiger charge is 2.34. The summed E-state index contributed by atoms with van der Waals surface area (Å²) < 4.78 is 11.0. The maximum atomic E-state index is 13.3. The van der Waals surface area contributed by atoms with E-state index in [0.29, 0.717) is 12.1 Å². The number of rotatable bonds is 6. The molecule has 0 aliphatic carbocycles. The average Bonchev–Trinajstić information content (AvgIpc) is 2.74. The number of hydrogen-bond acceptors (Lipinski definition) is 7. The van der Waals surface area contributed by atoms with Crippen LogP contribution in [0.5, 0.6) is 5.88 Å². The molecule has 2 amide bonds. The van der Waals surface area contributed by atoms with Gasteiger partial charge in [-0.25, -0.2) is 4.98 Å². The van der Waals surface area contributed by atoms with Crippen LogP contribution in [-0.4, -0.2) is 95.5 Å². The zero-order valence-electron chi connectivity index (χ0n) is 18.7. The Morgan fingerprint density at radius 2 is 2.19 bits per heavy atom. The molecule has 1 aliphatic heterocycles. The van der Waals surface area contributed by atoms with E-state index in [4.69, 9.17) is 9.47 Å². The Morgan fingerprint density at radius 3 is 2.81 bits per heavy atom. The Balaban J connectivity index is 2.44. The zero-order valence-corrected chi connectivity index (χ0v) is 18.7. The van der Waals surface area contributed by atoms with Crippen LogP contribution in [0.3, 0.4) is 0 Å². The number of likely N-dealkylation sites (N-methyl/N-ethyl adjacent to an activating group) is 1. The number of methoxy groups -OCH3 is 1.